The van der Waals surface area contributed by atoms with Crippen molar-refractivity contribution in [3.63, 3.8) is 0 Å². The molecule has 0 atom stereocenters. The van der Waals surface area contributed by atoms with E-state index in [1.165, 1.54) is 32.7 Å². The summed E-state index contributed by atoms with van der Waals surface area (Å²) in [5.74, 6) is 0. The highest BCUT2D eigenvalue weighted by atomic mass is 28.3. The van der Waals surface area contributed by atoms with Crippen molar-refractivity contribution in [3.8, 4) is 0 Å². The Kier molecular flexibility index (Phi) is 6.76. The second-order valence-electron chi connectivity index (χ2n) is 8.92. The van der Waals surface area contributed by atoms with Gasteiger partial charge in [0, 0.05) is 0 Å². The van der Waals surface area contributed by atoms with Crippen molar-refractivity contribution in [1.29, 1.82) is 0 Å². The zero-order valence-corrected chi connectivity index (χ0v) is 19.3. The van der Waals surface area contributed by atoms with E-state index in [9.17, 15) is 0 Å². The summed E-state index contributed by atoms with van der Waals surface area (Å²) in [6, 6.07) is 32.9. The number of hydrogen-bond acceptors (Lipinski definition) is 0. The van der Waals surface area contributed by atoms with E-state index < -0.39 is 8.07 Å². The quantitative estimate of drug-likeness (QED) is 0.348. The number of rotatable bonds is 6. The number of allylic oxidation sites excluding steroid dienone is 3. The average Bonchev–Trinajstić information content (AvgIpc) is 2.71. The molecule has 0 saturated heterocycles. The Labute approximate surface area is 178 Å². The van der Waals surface area contributed by atoms with Crippen molar-refractivity contribution in [3.05, 3.63) is 113 Å². The van der Waals surface area contributed by atoms with Crippen molar-refractivity contribution in [2.75, 3.05) is 0 Å². The molecular weight excluding hydrogens is 363 g/mol. The van der Waals surface area contributed by atoms with Gasteiger partial charge in [-0.25, -0.2) is 0 Å². The summed E-state index contributed by atoms with van der Waals surface area (Å²) in [5.41, 5.74) is 6.81. The lowest BCUT2D eigenvalue weighted by Gasteiger charge is -2.29. The lowest BCUT2D eigenvalue weighted by molar-refractivity contribution is 1.38. The predicted molar refractivity (Wildman–Crippen MR) is 134 cm³/mol. The van der Waals surface area contributed by atoms with Crippen LogP contribution in [0.4, 0.5) is 0 Å². The Balaban J connectivity index is 2.42. The molecule has 0 radical (unpaired) electrons. The molecule has 0 heterocycles. The highest BCUT2D eigenvalue weighted by Gasteiger charge is 2.31. The van der Waals surface area contributed by atoms with E-state index in [1.807, 2.05) is 0 Å². The van der Waals surface area contributed by atoms with E-state index in [0.29, 0.717) is 0 Å². The smallest absolute Gasteiger partial charge is 0.0766 e. The van der Waals surface area contributed by atoms with Crippen LogP contribution in [0.1, 0.15) is 19.4 Å². The van der Waals surface area contributed by atoms with Gasteiger partial charge in [-0.15, -0.1) is 0 Å². The summed E-state index contributed by atoms with van der Waals surface area (Å²) >= 11 is 0. The maximum Gasteiger partial charge on any atom is 0.241 e. The summed E-state index contributed by atoms with van der Waals surface area (Å²) in [5, 5.41) is 1.53. The molecule has 0 aliphatic carbocycles. The Morgan fingerprint density at radius 1 is 0.655 bits per heavy atom. The molecule has 0 aromatic heterocycles. The van der Waals surface area contributed by atoms with Crippen LogP contribution in [0.2, 0.25) is 19.6 Å². The second kappa shape index (κ2) is 9.28. The first-order valence-corrected chi connectivity index (χ1v) is 13.9. The van der Waals surface area contributed by atoms with Gasteiger partial charge < -0.3 is 0 Å². The average molecular weight is 394 g/mol. The Morgan fingerprint density at radius 3 is 1.45 bits per heavy atom. The van der Waals surface area contributed by atoms with Gasteiger partial charge in [0.1, 0.15) is 0 Å². The van der Waals surface area contributed by atoms with Crippen LogP contribution in [-0.4, -0.2) is 14.8 Å². The molecular formula is C27H31BSi. The Bertz CT molecular complexity index is 937. The predicted octanol–water partition coefficient (Wildman–Crippen LogP) is 6.13. The van der Waals surface area contributed by atoms with Crippen LogP contribution in [0.5, 0.6) is 0 Å². The lowest BCUT2D eigenvalue weighted by atomic mass is 9.35. The van der Waals surface area contributed by atoms with Gasteiger partial charge in [0.05, 0.1) is 8.07 Å². The highest BCUT2D eigenvalue weighted by Crippen LogP contribution is 2.30. The minimum atomic E-state index is -1.62. The fourth-order valence-corrected chi connectivity index (χ4v) is 5.72. The van der Waals surface area contributed by atoms with E-state index in [2.05, 4.69) is 131 Å². The molecule has 3 rings (SSSR count). The molecule has 0 bridgehead atoms. The Hall–Kier alpha value is -2.58. The fraction of sp³-hybridized carbons (Fsp3) is 0.185. The van der Waals surface area contributed by atoms with E-state index in [-0.39, 0.29) is 6.71 Å². The molecule has 0 aliphatic heterocycles. The normalized spacial score (nSPS) is 12.2. The van der Waals surface area contributed by atoms with E-state index >= 15 is 0 Å². The van der Waals surface area contributed by atoms with Crippen LogP contribution in [0.15, 0.2) is 108 Å². The van der Waals surface area contributed by atoms with E-state index in [4.69, 9.17) is 0 Å². The highest BCUT2D eigenvalue weighted by molar-refractivity contribution is 7.02. The van der Waals surface area contributed by atoms with Gasteiger partial charge in [-0.05, 0) is 19.4 Å². The SMILES string of the molecule is CC(C)=C/C(=C(/B(c1ccccc1)c1ccccc1)c1ccccc1)[Si](C)(C)C. The van der Waals surface area contributed by atoms with Crippen LogP contribution in [0.25, 0.3) is 5.47 Å². The third kappa shape index (κ3) is 5.27. The third-order valence-corrected chi connectivity index (χ3v) is 7.20. The molecule has 29 heavy (non-hydrogen) atoms. The standard InChI is InChI=1S/C27H31BSi/c1-22(2)21-26(29(3,4)5)27(23-15-9-6-10-16-23)28(24-17-11-7-12-18-24)25-19-13-8-14-20-25/h6-21H,1-5H3/b27-26-. The minimum Gasteiger partial charge on any atom is -0.0766 e. The van der Waals surface area contributed by atoms with Crippen molar-refractivity contribution in [1.82, 2.24) is 0 Å². The van der Waals surface area contributed by atoms with Crippen LogP contribution in [0.3, 0.4) is 0 Å². The molecule has 0 amide bonds. The summed E-state index contributed by atoms with van der Waals surface area (Å²) in [6.45, 7) is 12.0. The van der Waals surface area contributed by atoms with Gasteiger partial charge in [0.15, 0.2) is 0 Å². The first-order valence-electron chi connectivity index (χ1n) is 10.4. The minimum absolute atomic E-state index is 0.206. The van der Waals surface area contributed by atoms with Crippen LogP contribution >= 0.6 is 0 Å². The number of benzene rings is 3. The summed E-state index contributed by atoms with van der Waals surface area (Å²) in [4.78, 5) is 0. The molecule has 0 nitrogen and oxygen atoms in total. The van der Waals surface area contributed by atoms with Crippen molar-refractivity contribution < 1.29 is 0 Å². The van der Waals surface area contributed by atoms with Gasteiger partial charge in [-0.2, -0.15) is 0 Å². The summed E-state index contributed by atoms with van der Waals surface area (Å²) < 4.78 is 0. The van der Waals surface area contributed by atoms with Gasteiger partial charge in [0.2, 0.25) is 6.71 Å². The van der Waals surface area contributed by atoms with Crippen LogP contribution in [0, 0.1) is 0 Å². The molecule has 2 heteroatoms. The van der Waals surface area contributed by atoms with E-state index in [1.54, 1.807) is 0 Å². The third-order valence-electron chi connectivity index (χ3n) is 5.17. The van der Waals surface area contributed by atoms with Crippen molar-refractivity contribution >= 4 is 31.2 Å². The molecule has 0 N–H and O–H groups in total. The largest absolute Gasteiger partial charge is 0.241 e. The summed E-state index contributed by atoms with van der Waals surface area (Å²) in [7, 11) is -1.62. The van der Waals surface area contributed by atoms with Crippen LogP contribution < -0.4 is 10.9 Å². The zero-order chi connectivity index (χ0) is 20.9. The molecule has 0 aliphatic rings. The molecule has 0 saturated carbocycles. The molecule has 146 valence electrons. The van der Waals surface area contributed by atoms with Crippen LogP contribution in [-0.2, 0) is 0 Å². The second-order valence-corrected chi connectivity index (χ2v) is 14.0. The van der Waals surface area contributed by atoms with Gasteiger partial charge in [-0.3, -0.25) is 0 Å². The Morgan fingerprint density at radius 2 is 1.07 bits per heavy atom. The molecule has 0 unspecified atom stereocenters. The topological polar surface area (TPSA) is 0 Å². The zero-order valence-electron chi connectivity index (χ0n) is 18.3. The first-order chi connectivity index (χ1) is 13.9. The maximum absolute atomic E-state index is 2.46. The fourth-order valence-electron chi connectivity index (χ4n) is 3.90. The molecule has 3 aromatic rings. The molecule has 0 fully saturated rings. The molecule has 3 aromatic carbocycles. The van der Waals surface area contributed by atoms with E-state index in [0.717, 1.165) is 0 Å². The lowest BCUT2D eigenvalue weighted by Crippen LogP contribution is -2.45. The van der Waals surface area contributed by atoms with Gasteiger partial charge in [-0.1, -0.05) is 144 Å². The van der Waals surface area contributed by atoms with Gasteiger partial charge >= 0.3 is 0 Å². The molecule has 0 spiro atoms. The van der Waals surface area contributed by atoms with Crippen molar-refractivity contribution in [2.24, 2.45) is 0 Å². The monoisotopic (exact) mass is 394 g/mol. The first kappa shape index (κ1) is 21.1. The number of hydrogen-bond donors (Lipinski definition) is 0. The van der Waals surface area contributed by atoms with Gasteiger partial charge in [0.25, 0.3) is 0 Å². The maximum atomic E-state index is 2.46. The summed E-state index contributed by atoms with van der Waals surface area (Å²) in [6.07, 6.45) is 2.44. The van der Waals surface area contributed by atoms with Crippen molar-refractivity contribution in [2.45, 2.75) is 33.5 Å².